The van der Waals surface area contributed by atoms with Gasteiger partial charge in [0, 0.05) is 11.7 Å². The van der Waals surface area contributed by atoms with Gasteiger partial charge in [-0.1, -0.05) is 18.2 Å². The number of hydrogen-bond donors (Lipinski definition) is 1. The summed E-state index contributed by atoms with van der Waals surface area (Å²) < 4.78 is 1.54. The minimum Gasteiger partial charge on any atom is -0.307 e. The first-order valence-electron chi connectivity index (χ1n) is 7.62. The third-order valence-electron chi connectivity index (χ3n) is 4.17. The first-order chi connectivity index (χ1) is 10.6. The SMILES string of the molecule is C[C@H](CC[C@H]1CC1(Cl)Cl)NCc1nncn1-c1ccccc1. The summed E-state index contributed by atoms with van der Waals surface area (Å²) in [5.41, 5.74) is 1.07. The molecule has 22 heavy (non-hydrogen) atoms. The van der Waals surface area contributed by atoms with Gasteiger partial charge in [-0.3, -0.25) is 4.57 Å². The number of benzene rings is 1. The summed E-state index contributed by atoms with van der Waals surface area (Å²) in [6, 6.07) is 10.5. The van der Waals surface area contributed by atoms with Gasteiger partial charge in [0.15, 0.2) is 5.82 Å². The molecule has 4 nitrogen and oxygen atoms in total. The summed E-state index contributed by atoms with van der Waals surface area (Å²) >= 11 is 12.1. The van der Waals surface area contributed by atoms with Crippen LogP contribution in [0.5, 0.6) is 0 Å². The third kappa shape index (κ3) is 3.80. The second-order valence-corrected chi connectivity index (χ2v) is 7.52. The summed E-state index contributed by atoms with van der Waals surface area (Å²) in [6.07, 6.45) is 4.79. The molecule has 1 aromatic carbocycles. The van der Waals surface area contributed by atoms with Gasteiger partial charge < -0.3 is 5.32 Å². The maximum Gasteiger partial charge on any atom is 0.151 e. The molecule has 118 valence electrons. The molecule has 2 atom stereocenters. The highest BCUT2D eigenvalue weighted by molar-refractivity contribution is 6.50. The Morgan fingerprint density at radius 2 is 2.09 bits per heavy atom. The fraction of sp³-hybridized carbons (Fsp3) is 0.500. The highest BCUT2D eigenvalue weighted by Gasteiger charge is 2.50. The lowest BCUT2D eigenvalue weighted by molar-refractivity contribution is 0.473. The number of nitrogens with zero attached hydrogens (tertiary/aromatic N) is 3. The average Bonchev–Trinajstić information content (AvgIpc) is 2.92. The third-order valence-corrected chi connectivity index (χ3v) is 5.09. The van der Waals surface area contributed by atoms with E-state index in [1.165, 1.54) is 0 Å². The molecule has 1 aliphatic rings. The van der Waals surface area contributed by atoms with Crippen LogP contribution in [0.25, 0.3) is 5.69 Å². The summed E-state index contributed by atoms with van der Waals surface area (Å²) in [6.45, 7) is 2.86. The van der Waals surface area contributed by atoms with E-state index in [2.05, 4.69) is 22.4 Å². The molecule has 1 heterocycles. The van der Waals surface area contributed by atoms with Gasteiger partial charge in [0.25, 0.3) is 0 Å². The number of halogens is 2. The summed E-state index contributed by atoms with van der Waals surface area (Å²) in [5, 5.41) is 11.7. The Kier molecular flexibility index (Phi) is 4.71. The van der Waals surface area contributed by atoms with Crippen LogP contribution in [0.1, 0.15) is 32.0 Å². The van der Waals surface area contributed by atoms with E-state index in [0.717, 1.165) is 30.8 Å². The van der Waals surface area contributed by atoms with Crippen LogP contribution in [-0.2, 0) is 6.54 Å². The van der Waals surface area contributed by atoms with Gasteiger partial charge in [-0.05, 0) is 44.2 Å². The Labute approximate surface area is 140 Å². The number of rotatable bonds is 7. The molecule has 1 saturated carbocycles. The minimum atomic E-state index is -0.465. The van der Waals surface area contributed by atoms with E-state index in [1.807, 2.05) is 34.9 Å². The lowest BCUT2D eigenvalue weighted by Gasteiger charge is -2.14. The van der Waals surface area contributed by atoms with E-state index >= 15 is 0 Å². The highest BCUT2D eigenvalue weighted by atomic mass is 35.5. The van der Waals surface area contributed by atoms with Gasteiger partial charge in [-0.15, -0.1) is 33.4 Å². The molecule has 1 aliphatic carbocycles. The van der Waals surface area contributed by atoms with Crippen molar-refractivity contribution in [2.75, 3.05) is 0 Å². The van der Waals surface area contributed by atoms with Crippen LogP contribution in [0.15, 0.2) is 36.7 Å². The number of nitrogens with one attached hydrogen (secondary N) is 1. The molecule has 0 bridgehead atoms. The summed E-state index contributed by atoms with van der Waals surface area (Å²) in [7, 11) is 0. The first-order valence-corrected chi connectivity index (χ1v) is 8.37. The fourth-order valence-electron chi connectivity index (χ4n) is 2.59. The van der Waals surface area contributed by atoms with Gasteiger partial charge in [0.2, 0.25) is 0 Å². The van der Waals surface area contributed by atoms with Crippen molar-refractivity contribution in [1.29, 1.82) is 0 Å². The van der Waals surface area contributed by atoms with Crippen LogP contribution in [0.3, 0.4) is 0 Å². The molecule has 1 N–H and O–H groups in total. The van der Waals surface area contributed by atoms with Gasteiger partial charge >= 0.3 is 0 Å². The normalized spacial score (nSPS) is 20.8. The van der Waals surface area contributed by atoms with E-state index < -0.39 is 4.33 Å². The Morgan fingerprint density at radius 3 is 2.77 bits per heavy atom. The number of alkyl halides is 2. The second-order valence-electron chi connectivity index (χ2n) is 5.97. The zero-order valence-electron chi connectivity index (χ0n) is 12.5. The predicted molar refractivity (Wildman–Crippen MR) is 89.4 cm³/mol. The number of aromatic nitrogens is 3. The largest absolute Gasteiger partial charge is 0.307 e. The Morgan fingerprint density at radius 1 is 1.36 bits per heavy atom. The van der Waals surface area contributed by atoms with E-state index in [0.29, 0.717) is 18.5 Å². The van der Waals surface area contributed by atoms with Crippen LogP contribution in [0.4, 0.5) is 0 Å². The number of para-hydroxylation sites is 1. The number of hydrogen-bond acceptors (Lipinski definition) is 3. The van der Waals surface area contributed by atoms with Crippen molar-refractivity contribution in [1.82, 2.24) is 20.1 Å². The topological polar surface area (TPSA) is 42.7 Å². The smallest absolute Gasteiger partial charge is 0.151 e. The molecule has 0 spiro atoms. The lowest BCUT2D eigenvalue weighted by atomic mass is 10.1. The van der Waals surface area contributed by atoms with Crippen LogP contribution in [-0.4, -0.2) is 25.1 Å². The maximum absolute atomic E-state index is 6.06. The molecule has 3 rings (SSSR count). The quantitative estimate of drug-likeness (QED) is 0.782. The van der Waals surface area contributed by atoms with E-state index in [1.54, 1.807) is 6.33 Å². The fourth-order valence-corrected chi connectivity index (χ4v) is 3.18. The van der Waals surface area contributed by atoms with Gasteiger partial charge in [0.05, 0.1) is 6.54 Å². The van der Waals surface area contributed by atoms with Crippen molar-refractivity contribution in [3.63, 3.8) is 0 Å². The molecule has 0 unspecified atom stereocenters. The van der Waals surface area contributed by atoms with Gasteiger partial charge in [-0.25, -0.2) is 0 Å². The Hall–Kier alpha value is -1.10. The molecule has 0 saturated heterocycles. The Bertz CT molecular complexity index is 612. The van der Waals surface area contributed by atoms with Crippen molar-refractivity contribution in [2.24, 2.45) is 5.92 Å². The molecule has 2 aromatic rings. The molecule has 1 fully saturated rings. The van der Waals surface area contributed by atoms with E-state index in [4.69, 9.17) is 23.2 Å². The van der Waals surface area contributed by atoms with Gasteiger partial charge in [-0.2, -0.15) is 0 Å². The zero-order valence-corrected chi connectivity index (χ0v) is 14.1. The van der Waals surface area contributed by atoms with Crippen LogP contribution in [0, 0.1) is 5.92 Å². The van der Waals surface area contributed by atoms with Crippen molar-refractivity contribution >= 4 is 23.2 Å². The van der Waals surface area contributed by atoms with Crippen molar-refractivity contribution in [3.8, 4) is 5.69 Å². The van der Waals surface area contributed by atoms with Crippen molar-refractivity contribution < 1.29 is 0 Å². The molecular weight excluding hydrogens is 319 g/mol. The first kappa shape index (κ1) is 15.8. The van der Waals surface area contributed by atoms with Crippen molar-refractivity contribution in [3.05, 3.63) is 42.5 Å². The summed E-state index contributed by atoms with van der Waals surface area (Å²) in [5.74, 6) is 1.36. The maximum atomic E-state index is 6.06. The van der Waals surface area contributed by atoms with Crippen LogP contribution >= 0.6 is 23.2 Å². The van der Waals surface area contributed by atoms with Crippen molar-refractivity contribution in [2.45, 2.75) is 43.1 Å². The minimum absolute atomic E-state index is 0.394. The van der Waals surface area contributed by atoms with E-state index in [-0.39, 0.29) is 0 Å². The monoisotopic (exact) mass is 338 g/mol. The second kappa shape index (κ2) is 6.57. The molecule has 1 aromatic heterocycles. The highest BCUT2D eigenvalue weighted by Crippen LogP contribution is 2.55. The average molecular weight is 339 g/mol. The lowest BCUT2D eigenvalue weighted by Crippen LogP contribution is -2.27. The molecule has 0 aliphatic heterocycles. The van der Waals surface area contributed by atoms with E-state index in [9.17, 15) is 0 Å². The molecule has 0 radical (unpaired) electrons. The molecular formula is C16H20Cl2N4. The summed E-state index contributed by atoms with van der Waals surface area (Å²) in [4.78, 5) is 0. The van der Waals surface area contributed by atoms with Gasteiger partial charge in [0.1, 0.15) is 10.7 Å². The standard InChI is InChI=1S/C16H20Cl2N4/c1-12(7-8-13-9-16(13,17)18)19-10-15-21-20-11-22(15)14-5-3-2-4-6-14/h2-6,11-13,19H,7-10H2,1H3/t12-,13+/m1/s1. The van der Waals surface area contributed by atoms with Crippen LogP contribution in [0.2, 0.25) is 0 Å². The zero-order chi connectivity index (χ0) is 15.6. The molecule has 6 heteroatoms. The Balaban J connectivity index is 1.51. The van der Waals surface area contributed by atoms with Crippen LogP contribution < -0.4 is 5.32 Å². The molecule has 0 amide bonds. The predicted octanol–water partition coefficient (Wildman–Crippen LogP) is 3.72.